The second-order valence-electron chi connectivity index (χ2n) is 4.33. The third-order valence-corrected chi connectivity index (χ3v) is 2.84. The van der Waals surface area contributed by atoms with Gasteiger partial charge in [-0.15, -0.1) is 0 Å². The third kappa shape index (κ3) is 4.65. The summed E-state index contributed by atoms with van der Waals surface area (Å²) in [7, 11) is 1.38. The van der Waals surface area contributed by atoms with Gasteiger partial charge in [-0.1, -0.05) is 33.1 Å². The molecule has 2 atom stereocenters. The summed E-state index contributed by atoms with van der Waals surface area (Å²) < 4.78 is 4.74. The van der Waals surface area contributed by atoms with E-state index in [9.17, 15) is 9.90 Å². The molecule has 0 heterocycles. The Labute approximate surface area is 92.8 Å². The number of rotatable bonds is 7. The Balaban J connectivity index is 4.52. The lowest BCUT2D eigenvalue weighted by atomic mass is 9.82. The van der Waals surface area contributed by atoms with Crippen LogP contribution in [-0.4, -0.2) is 23.8 Å². The Kier molecular flexibility index (Phi) is 6.57. The maximum atomic E-state index is 11.6. The van der Waals surface area contributed by atoms with Crippen molar-refractivity contribution in [3.05, 3.63) is 0 Å². The topological polar surface area (TPSA) is 46.5 Å². The summed E-state index contributed by atoms with van der Waals surface area (Å²) in [4.78, 5) is 11.6. The number of carbonyl (C=O) groups excluding carboxylic acids is 1. The monoisotopic (exact) mass is 216 g/mol. The molecule has 0 radical (unpaired) electrons. The molecule has 15 heavy (non-hydrogen) atoms. The molecule has 0 aromatic rings. The van der Waals surface area contributed by atoms with Crippen molar-refractivity contribution in [1.82, 2.24) is 0 Å². The van der Waals surface area contributed by atoms with Crippen LogP contribution in [0.15, 0.2) is 0 Å². The van der Waals surface area contributed by atoms with Gasteiger partial charge in [0.1, 0.15) is 0 Å². The molecular weight excluding hydrogens is 192 g/mol. The van der Waals surface area contributed by atoms with Gasteiger partial charge >= 0.3 is 5.97 Å². The molecule has 0 aliphatic carbocycles. The highest BCUT2D eigenvalue weighted by molar-refractivity contribution is 5.73. The Morgan fingerprint density at radius 1 is 1.40 bits per heavy atom. The largest absolute Gasteiger partial charge is 0.469 e. The average molecular weight is 216 g/mol. The van der Waals surface area contributed by atoms with E-state index in [1.807, 2.05) is 6.92 Å². The number of esters is 1. The van der Waals surface area contributed by atoms with Gasteiger partial charge in [-0.3, -0.25) is 4.79 Å². The fourth-order valence-corrected chi connectivity index (χ4v) is 1.91. The van der Waals surface area contributed by atoms with Crippen LogP contribution in [0.4, 0.5) is 0 Å². The van der Waals surface area contributed by atoms with Crippen LogP contribution in [0.25, 0.3) is 0 Å². The van der Waals surface area contributed by atoms with Gasteiger partial charge in [-0.05, 0) is 19.8 Å². The minimum atomic E-state index is -0.934. The van der Waals surface area contributed by atoms with Crippen molar-refractivity contribution >= 4 is 5.97 Å². The molecule has 3 heteroatoms. The van der Waals surface area contributed by atoms with Crippen LogP contribution >= 0.6 is 0 Å². The predicted molar refractivity (Wildman–Crippen MR) is 60.6 cm³/mol. The molecule has 0 amide bonds. The molecule has 1 N–H and O–H groups in total. The normalized spacial score (nSPS) is 16.9. The maximum Gasteiger partial charge on any atom is 0.311 e. The van der Waals surface area contributed by atoms with Crippen molar-refractivity contribution in [2.45, 2.75) is 58.5 Å². The van der Waals surface area contributed by atoms with Crippen LogP contribution < -0.4 is 0 Å². The molecule has 0 fully saturated rings. The predicted octanol–water partition coefficient (Wildman–Crippen LogP) is 2.52. The average Bonchev–Trinajstić information content (AvgIpc) is 2.17. The number of methoxy groups -OCH3 is 1. The first-order chi connectivity index (χ1) is 6.99. The molecule has 0 bridgehead atoms. The summed E-state index contributed by atoms with van der Waals surface area (Å²) in [5.74, 6) is -0.677. The molecule has 0 spiro atoms. The number of aliphatic hydroxyl groups is 1. The molecule has 0 saturated heterocycles. The lowest BCUT2D eigenvalue weighted by Gasteiger charge is -2.30. The van der Waals surface area contributed by atoms with E-state index in [1.165, 1.54) is 7.11 Å². The number of unbranched alkanes of at least 4 members (excludes halogenated alkanes) is 1. The molecule has 0 rings (SSSR count). The highest BCUT2D eigenvalue weighted by Crippen LogP contribution is 2.28. The van der Waals surface area contributed by atoms with Crippen LogP contribution in [0.1, 0.15) is 52.9 Å². The summed E-state index contributed by atoms with van der Waals surface area (Å²) in [6, 6.07) is 0. The van der Waals surface area contributed by atoms with E-state index in [-0.39, 0.29) is 11.9 Å². The van der Waals surface area contributed by atoms with E-state index in [0.29, 0.717) is 12.8 Å². The fraction of sp³-hybridized carbons (Fsp3) is 0.917. The molecule has 90 valence electrons. The zero-order chi connectivity index (χ0) is 11.9. The van der Waals surface area contributed by atoms with Gasteiger partial charge in [0.05, 0.1) is 18.6 Å². The quantitative estimate of drug-likeness (QED) is 0.665. The second kappa shape index (κ2) is 6.83. The summed E-state index contributed by atoms with van der Waals surface area (Å²) in [5.41, 5.74) is -0.934. The minimum Gasteiger partial charge on any atom is -0.469 e. The number of hydrogen-bond acceptors (Lipinski definition) is 3. The molecule has 0 aliphatic heterocycles. The lowest BCUT2D eigenvalue weighted by molar-refractivity contribution is -0.155. The summed E-state index contributed by atoms with van der Waals surface area (Å²) >= 11 is 0. The molecule has 2 unspecified atom stereocenters. The van der Waals surface area contributed by atoms with E-state index < -0.39 is 5.60 Å². The van der Waals surface area contributed by atoms with Crippen LogP contribution in [0.5, 0.6) is 0 Å². The molecule has 3 nitrogen and oxygen atoms in total. The lowest BCUT2D eigenvalue weighted by Crippen LogP contribution is -2.40. The van der Waals surface area contributed by atoms with Crippen molar-refractivity contribution < 1.29 is 14.6 Å². The second-order valence-corrected chi connectivity index (χ2v) is 4.33. The van der Waals surface area contributed by atoms with Crippen LogP contribution in [0.2, 0.25) is 0 Å². The van der Waals surface area contributed by atoms with Crippen molar-refractivity contribution in [3.63, 3.8) is 0 Å². The van der Waals surface area contributed by atoms with Crippen molar-refractivity contribution in [3.8, 4) is 0 Å². The Morgan fingerprint density at radius 2 is 2.00 bits per heavy atom. The fourth-order valence-electron chi connectivity index (χ4n) is 1.91. The SMILES string of the molecule is CCCCC(C(=O)OC)C(C)(O)CCC. The van der Waals surface area contributed by atoms with Gasteiger partial charge in [0, 0.05) is 0 Å². The van der Waals surface area contributed by atoms with Crippen molar-refractivity contribution in [2.75, 3.05) is 7.11 Å². The third-order valence-electron chi connectivity index (χ3n) is 2.84. The summed E-state index contributed by atoms with van der Waals surface area (Å²) in [6.45, 7) is 5.80. The summed E-state index contributed by atoms with van der Waals surface area (Å²) in [6.07, 6.45) is 4.18. The number of ether oxygens (including phenoxy) is 1. The van der Waals surface area contributed by atoms with Gasteiger partial charge in [-0.2, -0.15) is 0 Å². The molecule has 0 aromatic heterocycles. The van der Waals surface area contributed by atoms with Crippen molar-refractivity contribution in [2.24, 2.45) is 5.92 Å². The first kappa shape index (κ1) is 14.4. The van der Waals surface area contributed by atoms with Gasteiger partial charge in [-0.25, -0.2) is 0 Å². The highest BCUT2D eigenvalue weighted by atomic mass is 16.5. The maximum absolute atomic E-state index is 11.6. The van der Waals surface area contributed by atoms with Gasteiger partial charge in [0.25, 0.3) is 0 Å². The van der Waals surface area contributed by atoms with Crippen LogP contribution in [-0.2, 0) is 9.53 Å². The van der Waals surface area contributed by atoms with Crippen molar-refractivity contribution in [1.29, 1.82) is 0 Å². The van der Waals surface area contributed by atoms with E-state index in [4.69, 9.17) is 4.74 Å². The standard InChI is InChI=1S/C12H24O3/c1-5-7-8-10(11(13)15-4)12(3,14)9-6-2/h10,14H,5-9H2,1-4H3. The zero-order valence-corrected chi connectivity index (χ0v) is 10.4. The van der Waals surface area contributed by atoms with E-state index in [0.717, 1.165) is 19.3 Å². The minimum absolute atomic E-state index is 0.290. The van der Waals surface area contributed by atoms with Gasteiger partial charge in [0.15, 0.2) is 0 Å². The number of carbonyl (C=O) groups is 1. The molecule has 0 saturated carbocycles. The summed E-state index contributed by atoms with van der Waals surface area (Å²) in [5, 5.41) is 10.2. The van der Waals surface area contributed by atoms with E-state index >= 15 is 0 Å². The number of hydrogen-bond donors (Lipinski definition) is 1. The first-order valence-corrected chi connectivity index (χ1v) is 5.79. The first-order valence-electron chi connectivity index (χ1n) is 5.79. The van der Waals surface area contributed by atoms with Crippen LogP contribution in [0, 0.1) is 5.92 Å². The van der Waals surface area contributed by atoms with E-state index in [1.54, 1.807) is 6.92 Å². The van der Waals surface area contributed by atoms with E-state index in [2.05, 4.69) is 6.92 Å². The Hall–Kier alpha value is -0.570. The zero-order valence-electron chi connectivity index (χ0n) is 10.4. The Morgan fingerprint density at radius 3 is 2.40 bits per heavy atom. The smallest absolute Gasteiger partial charge is 0.311 e. The molecule has 0 aliphatic rings. The van der Waals surface area contributed by atoms with Crippen LogP contribution in [0.3, 0.4) is 0 Å². The highest BCUT2D eigenvalue weighted by Gasteiger charge is 2.36. The van der Waals surface area contributed by atoms with Gasteiger partial charge < -0.3 is 9.84 Å². The molecular formula is C12H24O3. The molecule has 0 aromatic carbocycles. The Bertz CT molecular complexity index is 187. The van der Waals surface area contributed by atoms with Gasteiger partial charge in [0.2, 0.25) is 0 Å².